The van der Waals surface area contributed by atoms with Crippen LogP contribution in [-0.4, -0.2) is 52.1 Å². The van der Waals surface area contributed by atoms with Crippen LogP contribution in [0.5, 0.6) is 0 Å². The Morgan fingerprint density at radius 1 is 0.800 bits per heavy atom. The van der Waals surface area contributed by atoms with Gasteiger partial charge in [0.15, 0.2) is 6.10 Å². The first-order valence-electron chi connectivity index (χ1n) is 13.9. The summed E-state index contributed by atoms with van der Waals surface area (Å²) < 4.78 is 54.2. The number of nitrogens with one attached hydrogen (secondary N) is 1. The van der Waals surface area contributed by atoms with Crippen LogP contribution < -0.4 is 5.32 Å². The van der Waals surface area contributed by atoms with E-state index < -0.39 is 54.4 Å². The molecule has 0 heterocycles. The number of amides is 2. The van der Waals surface area contributed by atoms with Crippen LogP contribution in [0.4, 0.5) is 17.6 Å². The van der Waals surface area contributed by atoms with Crippen LogP contribution in [0.2, 0.25) is 0 Å². The van der Waals surface area contributed by atoms with E-state index in [2.05, 4.69) is 5.32 Å². The third kappa shape index (κ3) is 9.23. The van der Waals surface area contributed by atoms with Crippen LogP contribution in [0.15, 0.2) is 103 Å². The summed E-state index contributed by atoms with van der Waals surface area (Å²) in [4.78, 5) is 38.5. The summed E-state index contributed by atoms with van der Waals surface area (Å²) in [7, 11) is 0. The van der Waals surface area contributed by atoms with E-state index in [4.69, 9.17) is 5.11 Å². The molecule has 0 saturated heterocycles. The quantitative estimate of drug-likeness (QED) is 0.183. The number of carboxylic acid groups (broad SMARTS) is 1. The molecule has 3 N–H and O–H groups in total. The number of alkyl halides is 3. The number of benzene rings is 4. The van der Waals surface area contributed by atoms with Gasteiger partial charge in [-0.05, 0) is 52.6 Å². The van der Waals surface area contributed by atoms with Crippen molar-refractivity contribution in [1.82, 2.24) is 10.2 Å². The molecule has 0 aliphatic carbocycles. The normalized spacial score (nSPS) is 12.0. The average Bonchev–Trinajstić information content (AvgIpc) is 3.02. The van der Waals surface area contributed by atoms with Crippen LogP contribution in [0, 0.1) is 5.82 Å². The summed E-state index contributed by atoms with van der Waals surface area (Å²) in [6, 6.07) is 27.0. The predicted molar refractivity (Wildman–Crippen MR) is 158 cm³/mol. The first-order chi connectivity index (χ1) is 21.4. The van der Waals surface area contributed by atoms with Crippen molar-refractivity contribution in [3.63, 3.8) is 0 Å². The third-order valence-corrected chi connectivity index (χ3v) is 7.13. The number of aliphatic hydroxyl groups excluding tert-OH is 1. The predicted octanol–water partition coefficient (Wildman–Crippen LogP) is 5.42. The van der Waals surface area contributed by atoms with E-state index in [-0.39, 0.29) is 30.1 Å². The maximum atomic E-state index is 14.2. The lowest BCUT2D eigenvalue weighted by atomic mass is 9.90. The van der Waals surface area contributed by atoms with Crippen molar-refractivity contribution in [2.45, 2.75) is 31.2 Å². The van der Waals surface area contributed by atoms with E-state index in [0.717, 1.165) is 23.3 Å². The Morgan fingerprint density at radius 2 is 1.38 bits per heavy atom. The minimum absolute atomic E-state index is 0.0239. The van der Waals surface area contributed by atoms with Gasteiger partial charge in [-0.15, -0.1) is 0 Å². The van der Waals surface area contributed by atoms with E-state index in [1.165, 1.54) is 17.0 Å². The van der Waals surface area contributed by atoms with Crippen LogP contribution >= 0.6 is 0 Å². The SMILES string of the molecule is O=C(NCC(O)C(=O)O)c1ccc(CN(CC(c2ccccc2)c2ccccc2)C(=O)Cc2cc(F)cc(C(F)(F)F)c2)cc1. The number of hydrogen-bond donors (Lipinski definition) is 3. The highest BCUT2D eigenvalue weighted by Gasteiger charge is 2.32. The maximum Gasteiger partial charge on any atom is 0.416 e. The summed E-state index contributed by atoms with van der Waals surface area (Å²) >= 11 is 0. The Labute approximate surface area is 256 Å². The van der Waals surface area contributed by atoms with E-state index in [1.807, 2.05) is 60.7 Å². The van der Waals surface area contributed by atoms with Gasteiger partial charge in [-0.2, -0.15) is 13.2 Å². The van der Waals surface area contributed by atoms with Crippen molar-refractivity contribution in [2.24, 2.45) is 0 Å². The summed E-state index contributed by atoms with van der Waals surface area (Å²) in [6.07, 6.45) is -7.03. The molecule has 45 heavy (non-hydrogen) atoms. The first kappa shape index (κ1) is 32.9. The Morgan fingerprint density at radius 3 is 1.91 bits per heavy atom. The van der Waals surface area contributed by atoms with Gasteiger partial charge in [0.1, 0.15) is 5.82 Å². The molecule has 0 radical (unpaired) electrons. The highest BCUT2D eigenvalue weighted by molar-refractivity contribution is 5.94. The Bertz CT molecular complexity index is 1570. The molecule has 0 fully saturated rings. The fourth-order valence-corrected chi connectivity index (χ4v) is 4.81. The van der Waals surface area contributed by atoms with E-state index in [0.29, 0.717) is 11.6 Å². The second-order valence-corrected chi connectivity index (χ2v) is 10.4. The molecule has 0 aliphatic heterocycles. The molecule has 4 aromatic rings. The van der Waals surface area contributed by atoms with Gasteiger partial charge in [0, 0.05) is 24.6 Å². The van der Waals surface area contributed by atoms with Gasteiger partial charge in [-0.25, -0.2) is 9.18 Å². The molecular formula is C34H30F4N2O5. The largest absolute Gasteiger partial charge is 0.479 e. The molecule has 2 amide bonds. The Balaban J connectivity index is 1.62. The van der Waals surface area contributed by atoms with Crippen molar-refractivity contribution < 1.29 is 42.2 Å². The van der Waals surface area contributed by atoms with Crippen molar-refractivity contribution >= 4 is 17.8 Å². The van der Waals surface area contributed by atoms with Gasteiger partial charge in [-0.1, -0.05) is 72.8 Å². The minimum atomic E-state index is -4.79. The first-order valence-corrected chi connectivity index (χ1v) is 13.9. The van der Waals surface area contributed by atoms with Gasteiger partial charge in [0.05, 0.1) is 18.5 Å². The highest BCUT2D eigenvalue weighted by atomic mass is 19.4. The number of halogens is 4. The fraction of sp³-hybridized carbons (Fsp3) is 0.206. The van der Waals surface area contributed by atoms with Crippen molar-refractivity contribution in [2.75, 3.05) is 13.1 Å². The molecule has 0 aromatic heterocycles. The lowest BCUT2D eigenvalue weighted by Gasteiger charge is -2.29. The molecule has 1 unspecified atom stereocenters. The van der Waals surface area contributed by atoms with E-state index in [1.54, 1.807) is 12.1 Å². The van der Waals surface area contributed by atoms with Crippen LogP contribution in [0.3, 0.4) is 0 Å². The van der Waals surface area contributed by atoms with E-state index >= 15 is 0 Å². The second-order valence-electron chi connectivity index (χ2n) is 10.4. The van der Waals surface area contributed by atoms with Crippen molar-refractivity contribution in [1.29, 1.82) is 0 Å². The topological polar surface area (TPSA) is 107 Å². The maximum absolute atomic E-state index is 14.2. The van der Waals surface area contributed by atoms with Crippen molar-refractivity contribution in [3.8, 4) is 0 Å². The molecule has 4 aromatic carbocycles. The standard InChI is InChI=1S/C34H30F4N2O5/c35-28-16-23(15-27(18-28)34(36,37)38)17-31(42)40(21-29(24-7-3-1-4-8-24)25-9-5-2-6-10-25)20-22-11-13-26(14-12-22)32(43)39-19-30(41)33(44)45/h1-16,18,29-30,41H,17,19-21H2,(H,39,43)(H,44,45). The number of carbonyl (C=O) groups is 3. The Kier molecular flexibility index (Phi) is 10.7. The average molecular weight is 623 g/mol. The zero-order valence-electron chi connectivity index (χ0n) is 23.9. The Hall–Kier alpha value is -5.03. The van der Waals surface area contributed by atoms with Gasteiger partial charge >= 0.3 is 12.1 Å². The highest BCUT2D eigenvalue weighted by Crippen LogP contribution is 2.31. The number of aliphatic hydroxyl groups is 1. The molecule has 0 spiro atoms. The molecule has 4 rings (SSSR count). The van der Waals surface area contributed by atoms with Crippen LogP contribution in [0.1, 0.15) is 44.1 Å². The van der Waals surface area contributed by atoms with Gasteiger partial charge in [0.2, 0.25) is 5.91 Å². The number of rotatable bonds is 12. The summed E-state index contributed by atoms with van der Waals surface area (Å²) in [5, 5.41) is 20.5. The lowest BCUT2D eigenvalue weighted by Crippen LogP contribution is -2.36. The molecular weight excluding hydrogens is 592 g/mol. The minimum Gasteiger partial charge on any atom is -0.479 e. The van der Waals surface area contributed by atoms with E-state index in [9.17, 15) is 37.1 Å². The fourth-order valence-electron chi connectivity index (χ4n) is 4.81. The summed E-state index contributed by atoms with van der Waals surface area (Å²) in [5.41, 5.74) is 1.28. The number of hydrogen-bond acceptors (Lipinski definition) is 4. The van der Waals surface area contributed by atoms with Gasteiger partial charge < -0.3 is 20.4 Å². The van der Waals surface area contributed by atoms with Crippen molar-refractivity contribution in [3.05, 3.63) is 142 Å². The van der Waals surface area contributed by atoms with Crippen LogP contribution in [0.25, 0.3) is 0 Å². The zero-order valence-corrected chi connectivity index (χ0v) is 23.9. The molecule has 0 bridgehead atoms. The molecule has 1 atom stereocenters. The van der Waals surface area contributed by atoms with Gasteiger partial charge in [-0.3, -0.25) is 9.59 Å². The molecule has 234 valence electrons. The summed E-state index contributed by atoms with van der Waals surface area (Å²) in [6.45, 7) is -0.325. The molecule has 0 aliphatic rings. The number of aliphatic carboxylic acids is 1. The summed E-state index contributed by atoms with van der Waals surface area (Å²) in [5.74, 6) is -4.03. The smallest absolute Gasteiger partial charge is 0.416 e. The molecule has 0 saturated carbocycles. The molecule has 7 nitrogen and oxygen atoms in total. The monoisotopic (exact) mass is 622 g/mol. The molecule has 11 heteroatoms. The zero-order chi connectivity index (χ0) is 32.6. The lowest BCUT2D eigenvalue weighted by molar-refractivity contribution is -0.146. The van der Waals surface area contributed by atoms with Crippen LogP contribution in [-0.2, 0) is 28.7 Å². The number of carbonyl (C=O) groups excluding carboxylic acids is 2. The number of nitrogens with zero attached hydrogens (tertiary/aromatic N) is 1. The number of carboxylic acids is 1. The second kappa shape index (κ2) is 14.6. The third-order valence-electron chi connectivity index (χ3n) is 7.13. The van der Waals surface area contributed by atoms with Gasteiger partial charge in [0.25, 0.3) is 5.91 Å².